The molecule has 1 aromatic heterocycles. The Morgan fingerprint density at radius 3 is 2.84 bits per heavy atom. The summed E-state index contributed by atoms with van der Waals surface area (Å²) in [7, 11) is 0. The summed E-state index contributed by atoms with van der Waals surface area (Å²) in [5.74, 6) is 0.923. The van der Waals surface area contributed by atoms with Crippen molar-refractivity contribution in [2.45, 2.75) is 31.7 Å². The van der Waals surface area contributed by atoms with Gasteiger partial charge in [-0.25, -0.2) is 9.97 Å². The van der Waals surface area contributed by atoms with E-state index in [2.05, 4.69) is 15.3 Å². The van der Waals surface area contributed by atoms with Crippen molar-refractivity contribution in [3.63, 3.8) is 0 Å². The summed E-state index contributed by atoms with van der Waals surface area (Å²) in [6, 6.07) is 9.19. The van der Waals surface area contributed by atoms with Crippen LogP contribution in [0.4, 0.5) is 11.4 Å². The van der Waals surface area contributed by atoms with E-state index >= 15 is 0 Å². The van der Waals surface area contributed by atoms with Crippen molar-refractivity contribution in [2.24, 2.45) is 0 Å². The van der Waals surface area contributed by atoms with Crippen molar-refractivity contribution >= 4 is 35.0 Å². The minimum atomic E-state index is -0.183. The summed E-state index contributed by atoms with van der Waals surface area (Å²) in [6.07, 6.45) is 0. The molecule has 7 heteroatoms. The topological polar surface area (TPSA) is 75.2 Å². The Labute approximate surface area is 151 Å². The molecule has 3 rings (SSSR count). The fourth-order valence-electron chi connectivity index (χ4n) is 2.56. The first kappa shape index (κ1) is 17.4. The van der Waals surface area contributed by atoms with Gasteiger partial charge in [0, 0.05) is 11.6 Å². The second-order valence-electron chi connectivity index (χ2n) is 6.19. The van der Waals surface area contributed by atoms with Gasteiger partial charge in [-0.3, -0.25) is 9.59 Å². The quantitative estimate of drug-likeness (QED) is 0.673. The first-order chi connectivity index (χ1) is 11.9. The number of fused-ring (bicyclic) bond motifs is 1. The molecule has 1 aromatic carbocycles. The second-order valence-corrected chi connectivity index (χ2v) is 7.19. The third kappa shape index (κ3) is 3.99. The predicted octanol–water partition coefficient (Wildman–Crippen LogP) is 2.99. The van der Waals surface area contributed by atoms with Crippen LogP contribution in [0.5, 0.6) is 0 Å². The standard InChI is InChI=1S/C18H20N4O2S/c1-11(2)18-19-12(3)8-16(21-18)25-10-17(24)22-9-15(23)20-13-6-4-5-7-14(13)22/h4-8,11H,9-10H2,1-3H3,(H,20,23). The van der Waals surface area contributed by atoms with E-state index in [1.165, 1.54) is 16.7 Å². The largest absolute Gasteiger partial charge is 0.323 e. The molecule has 1 N–H and O–H groups in total. The Hall–Kier alpha value is -2.41. The monoisotopic (exact) mass is 356 g/mol. The lowest BCUT2D eigenvalue weighted by atomic mass is 10.2. The summed E-state index contributed by atoms with van der Waals surface area (Å²) in [5, 5.41) is 3.56. The Morgan fingerprint density at radius 1 is 1.32 bits per heavy atom. The number of nitrogens with zero attached hydrogens (tertiary/aromatic N) is 3. The SMILES string of the molecule is Cc1cc(SCC(=O)N2CC(=O)Nc3ccccc32)nc(C(C)C)n1. The summed E-state index contributed by atoms with van der Waals surface area (Å²) in [5.41, 5.74) is 2.28. The highest BCUT2D eigenvalue weighted by Gasteiger charge is 2.26. The average molecular weight is 356 g/mol. The van der Waals surface area contributed by atoms with Gasteiger partial charge in [-0.1, -0.05) is 37.7 Å². The lowest BCUT2D eigenvalue weighted by molar-refractivity contribution is -0.120. The molecular formula is C18H20N4O2S. The fourth-order valence-corrected chi connectivity index (χ4v) is 3.40. The van der Waals surface area contributed by atoms with E-state index in [4.69, 9.17) is 0 Å². The summed E-state index contributed by atoms with van der Waals surface area (Å²) in [4.78, 5) is 35.0. The van der Waals surface area contributed by atoms with Crippen molar-refractivity contribution in [1.82, 2.24) is 9.97 Å². The summed E-state index contributed by atoms with van der Waals surface area (Å²) in [6.45, 7) is 6.04. The van der Waals surface area contributed by atoms with E-state index in [0.29, 0.717) is 5.69 Å². The van der Waals surface area contributed by atoms with Crippen LogP contribution in [0.3, 0.4) is 0 Å². The van der Waals surface area contributed by atoms with Crippen molar-refractivity contribution in [3.05, 3.63) is 41.9 Å². The van der Waals surface area contributed by atoms with Crippen LogP contribution >= 0.6 is 11.8 Å². The van der Waals surface area contributed by atoms with Crippen LogP contribution in [0.1, 0.15) is 31.3 Å². The number of thioether (sulfide) groups is 1. The van der Waals surface area contributed by atoms with Gasteiger partial charge in [0.05, 0.1) is 17.1 Å². The molecule has 0 aliphatic carbocycles. The van der Waals surface area contributed by atoms with Gasteiger partial charge in [0.1, 0.15) is 17.4 Å². The van der Waals surface area contributed by atoms with Crippen molar-refractivity contribution in [3.8, 4) is 0 Å². The van der Waals surface area contributed by atoms with Gasteiger partial charge < -0.3 is 10.2 Å². The van der Waals surface area contributed by atoms with Crippen LogP contribution in [0.2, 0.25) is 0 Å². The molecule has 1 aliphatic heterocycles. The van der Waals surface area contributed by atoms with Crippen LogP contribution in [0.15, 0.2) is 35.4 Å². The van der Waals surface area contributed by atoms with E-state index < -0.39 is 0 Å². The number of hydrogen-bond donors (Lipinski definition) is 1. The van der Waals surface area contributed by atoms with Gasteiger partial charge in [-0.05, 0) is 25.1 Å². The molecule has 0 radical (unpaired) electrons. The maximum absolute atomic E-state index is 12.7. The van der Waals surface area contributed by atoms with Crippen LogP contribution < -0.4 is 10.2 Å². The molecule has 0 saturated heterocycles. The first-order valence-electron chi connectivity index (χ1n) is 8.11. The van der Waals surface area contributed by atoms with Crippen LogP contribution in [-0.4, -0.2) is 34.1 Å². The van der Waals surface area contributed by atoms with E-state index in [0.717, 1.165) is 22.2 Å². The molecule has 2 amide bonds. The molecule has 130 valence electrons. The number of benzene rings is 1. The molecule has 0 atom stereocenters. The predicted molar refractivity (Wildman–Crippen MR) is 99.0 cm³/mol. The highest BCUT2D eigenvalue weighted by Crippen LogP contribution is 2.30. The minimum Gasteiger partial charge on any atom is -0.323 e. The number of carbonyl (C=O) groups is 2. The molecule has 0 fully saturated rings. The Morgan fingerprint density at radius 2 is 2.08 bits per heavy atom. The lowest BCUT2D eigenvalue weighted by Gasteiger charge is -2.29. The van der Waals surface area contributed by atoms with Crippen LogP contribution in [-0.2, 0) is 9.59 Å². The number of anilines is 2. The molecule has 25 heavy (non-hydrogen) atoms. The summed E-state index contributed by atoms with van der Waals surface area (Å²) >= 11 is 1.37. The minimum absolute atomic E-state index is 0.0381. The number of aryl methyl sites for hydroxylation is 1. The zero-order valence-corrected chi connectivity index (χ0v) is 15.3. The first-order valence-corrected chi connectivity index (χ1v) is 9.10. The average Bonchev–Trinajstić information content (AvgIpc) is 2.58. The highest BCUT2D eigenvalue weighted by molar-refractivity contribution is 7.99. The number of nitrogens with one attached hydrogen (secondary N) is 1. The van der Waals surface area contributed by atoms with Gasteiger partial charge >= 0.3 is 0 Å². The van der Waals surface area contributed by atoms with Crippen molar-refractivity contribution in [2.75, 3.05) is 22.5 Å². The highest BCUT2D eigenvalue weighted by atomic mass is 32.2. The Balaban J connectivity index is 1.74. The molecule has 0 saturated carbocycles. The van der Waals surface area contributed by atoms with E-state index in [9.17, 15) is 9.59 Å². The van der Waals surface area contributed by atoms with Crippen molar-refractivity contribution < 1.29 is 9.59 Å². The third-order valence-corrected chi connectivity index (χ3v) is 4.68. The number of amides is 2. The number of hydrogen-bond acceptors (Lipinski definition) is 5. The second kappa shape index (κ2) is 7.23. The maximum Gasteiger partial charge on any atom is 0.244 e. The molecule has 2 heterocycles. The number of rotatable bonds is 4. The van der Waals surface area contributed by atoms with Gasteiger partial charge in [0.25, 0.3) is 0 Å². The van der Waals surface area contributed by atoms with E-state index in [-0.39, 0.29) is 30.0 Å². The molecule has 1 aliphatic rings. The normalized spacial score (nSPS) is 13.6. The molecule has 0 bridgehead atoms. The third-order valence-electron chi connectivity index (χ3n) is 3.78. The fraction of sp³-hybridized carbons (Fsp3) is 0.333. The van der Waals surface area contributed by atoms with Gasteiger partial charge in [0.15, 0.2) is 0 Å². The number of carbonyl (C=O) groups excluding carboxylic acids is 2. The molecular weight excluding hydrogens is 336 g/mol. The zero-order chi connectivity index (χ0) is 18.0. The summed E-state index contributed by atoms with van der Waals surface area (Å²) < 4.78 is 0. The van der Waals surface area contributed by atoms with E-state index in [1.807, 2.05) is 45.0 Å². The van der Waals surface area contributed by atoms with Crippen LogP contribution in [0.25, 0.3) is 0 Å². The maximum atomic E-state index is 12.7. The molecule has 6 nitrogen and oxygen atoms in total. The van der Waals surface area contributed by atoms with Gasteiger partial charge in [0.2, 0.25) is 11.8 Å². The van der Waals surface area contributed by atoms with Crippen molar-refractivity contribution in [1.29, 1.82) is 0 Å². The van der Waals surface area contributed by atoms with Crippen LogP contribution in [0, 0.1) is 6.92 Å². The lowest BCUT2D eigenvalue weighted by Crippen LogP contribution is -2.43. The van der Waals surface area contributed by atoms with Gasteiger partial charge in [-0.2, -0.15) is 0 Å². The van der Waals surface area contributed by atoms with Gasteiger partial charge in [-0.15, -0.1) is 0 Å². The number of aromatic nitrogens is 2. The Kier molecular flexibility index (Phi) is 5.03. The molecule has 2 aromatic rings. The Bertz CT molecular complexity index is 822. The molecule has 0 unspecified atom stereocenters. The zero-order valence-electron chi connectivity index (χ0n) is 14.4. The number of para-hydroxylation sites is 2. The smallest absolute Gasteiger partial charge is 0.244 e. The molecule has 0 spiro atoms. The van der Waals surface area contributed by atoms with E-state index in [1.54, 1.807) is 6.07 Å².